The largest absolute Gasteiger partial charge is 0.457 e. The first-order chi connectivity index (χ1) is 12.6. The number of amides is 1. The lowest BCUT2D eigenvalue weighted by Crippen LogP contribution is -2.39. The molecular formula is C19H20BrNO4S. The molecule has 138 valence electrons. The third kappa shape index (κ3) is 5.48. The van der Waals surface area contributed by atoms with Crippen LogP contribution in [0.2, 0.25) is 0 Å². The summed E-state index contributed by atoms with van der Waals surface area (Å²) in [5, 5.41) is 8.73. The minimum Gasteiger partial charge on any atom is -0.457 e. The molecule has 0 saturated carbocycles. The van der Waals surface area contributed by atoms with Gasteiger partial charge >= 0.3 is 0 Å². The monoisotopic (exact) mass is 437 g/mol. The zero-order chi connectivity index (χ0) is 18.4. The van der Waals surface area contributed by atoms with Gasteiger partial charge < -0.3 is 9.47 Å². The Morgan fingerprint density at radius 2 is 1.85 bits per heavy atom. The maximum Gasteiger partial charge on any atom is 0.272 e. The van der Waals surface area contributed by atoms with E-state index in [1.807, 2.05) is 48.5 Å². The van der Waals surface area contributed by atoms with Gasteiger partial charge in [0.2, 0.25) is 0 Å². The lowest BCUT2D eigenvalue weighted by Gasteiger charge is -2.27. The van der Waals surface area contributed by atoms with E-state index in [0.717, 1.165) is 33.0 Å². The molecule has 1 fully saturated rings. The first kappa shape index (κ1) is 19.2. The number of nitrogens with one attached hydrogen (secondary N) is 1. The van der Waals surface area contributed by atoms with Crippen molar-refractivity contribution in [3.05, 3.63) is 53.0 Å². The molecule has 1 saturated heterocycles. The topological polar surface area (TPSA) is 67.8 Å². The Balaban J connectivity index is 1.49. The molecule has 2 aromatic carbocycles. The van der Waals surface area contributed by atoms with E-state index >= 15 is 0 Å². The number of halogens is 1. The number of carbonyl (C=O) groups excluding carboxylic acids is 1. The number of ether oxygens (including phenoxy) is 2. The number of hydrogen-bond donors (Lipinski definition) is 2. The van der Waals surface area contributed by atoms with Gasteiger partial charge in [0.15, 0.2) is 0 Å². The van der Waals surface area contributed by atoms with Gasteiger partial charge in [-0.3, -0.25) is 10.0 Å². The second-order valence-corrected chi connectivity index (χ2v) is 8.07. The maximum atomic E-state index is 11.5. The molecule has 0 bridgehead atoms. The standard InChI is InChI=1S/C19H20BrNO4S/c20-14-1-3-15(4-2-14)25-16-5-7-17(8-6-16)26-12-13-9-10-24-18(11-13)19(22)21-23/h1-8,13,18,23H,9-12H2,(H,21,22). The average molecular weight is 438 g/mol. The van der Waals surface area contributed by atoms with Crippen LogP contribution in [0.4, 0.5) is 0 Å². The van der Waals surface area contributed by atoms with Crippen LogP contribution in [0.3, 0.4) is 0 Å². The minimum atomic E-state index is -0.555. The summed E-state index contributed by atoms with van der Waals surface area (Å²) in [6.07, 6.45) is 0.998. The molecule has 7 heteroatoms. The summed E-state index contributed by atoms with van der Waals surface area (Å²) >= 11 is 5.16. The van der Waals surface area contributed by atoms with E-state index in [0.29, 0.717) is 18.9 Å². The van der Waals surface area contributed by atoms with E-state index in [1.165, 1.54) is 0 Å². The number of hydroxylamine groups is 1. The van der Waals surface area contributed by atoms with Gasteiger partial charge in [0.25, 0.3) is 5.91 Å². The van der Waals surface area contributed by atoms with Crippen LogP contribution in [0.5, 0.6) is 11.5 Å². The van der Waals surface area contributed by atoms with Gasteiger partial charge in [-0.1, -0.05) is 15.9 Å². The third-order valence-corrected chi connectivity index (χ3v) is 5.93. The molecule has 3 rings (SSSR count). The fraction of sp³-hybridized carbons (Fsp3) is 0.316. The summed E-state index contributed by atoms with van der Waals surface area (Å²) in [6.45, 7) is 0.545. The van der Waals surface area contributed by atoms with Gasteiger partial charge in [-0.05, 0) is 67.3 Å². The molecule has 1 amide bonds. The molecule has 1 aliphatic rings. The van der Waals surface area contributed by atoms with Crippen molar-refractivity contribution in [2.45, 2.75) is 23.8 Å². The summed E-state index contributed by atoms with van der Waals surface area (Å²) in [5.41, 5.74) is 1.67. The molecule has 1 aliphatic heterocycles. The summed E-state index contributed by atoms with van der Waals surface area (Å²) in [4.78, 5) is 12.6. The van der Waals surface area contributed by atoms with E-state index in [1.54, 1.807) is 17.2 Å². The van der Waals surface area contributed by atoms with Gasteiger partial charge in [0.1, 0.15) is 17.6 Å². The van der Waals surface area contributed by atoms with Crippen LogP contribution < -0.4 is 10.2 Å². The van der Waals surface area contributed by atoms with Crippen LogP contribution in [-0.2, 0) is 9.53 Å². The molecular weight excluding hydrogens is 418 g/mol. The highest BCUT2D eigenvalue weighted by atomic mass is 79.9. The quantitative estimate of drug-likeness (QED) is 0.391. The Morgan fingerprint density at radius 3 is 2.50 bits per heavy atom. The second-order valence-electron chi connectivity index (χ2n) is 6.06. The number of rotatable bonds is 6. The lowest BCUT2D eigenvalue weighted by molar-refractivity contribution is -0.145. The van der Waals surface area contributed by atoms with Gasteiger partial charge in [0, 0.05) is 21.7 Å². The predicted molar refractivity (Wildman–Crippen MR) is 104 cm³/mol. The normalized spacial score (nSPS) is 19.8. The highest BCUT2D eigenvalue weighted by Gasteiger charge is 2.27. The van der Waals surface area contributed by atoms with Crippen LogP contribution in [0, 0.1) is 5.92 Å². The Bertz CT molecular complexity index is 723. The van der Waals surface area contributed by atoms with Gasteiger partial charge in [0.05, 0.1) is 0 Å². The molecule has 1 heterocycles. The molecule has 2 atom stereocenters. The van der Waals surface area contributed by atoms with Crippen molar-refractivity contribution in [1.29, 1.82) is 0 Å². The highest BCUT2D eigenvalue weighted by Crippen LogP contribution is 2.30. The van der Waals surface area contributed by atoms with Crippen molar-refractivity contribution in [2.24, 2.45) is 5.92 Å². The number of benzene rings is 2. The third-order valence-electron chi connectivity index (χ3n) is 4.15. The van der Waals surface area contributed by atoms with Crippen molar-refractivity contribution < 1.29 is 19.5 Å². The fourth-order valence-electron chi connectivity index (χ4n) is 2.73. The van der Waals surface area contributed by atoms with Gasteiger partial charge in [-0.15, -0.1) is 11.8 Å². The number of thioether (sulfide) groups is 1. The van der Waals surface area contributed by atoms with Crippen molar-refractivity contribution in [3.63, 3.8) is 0 Å². The van der Waals surface area contributed by atoms with Crippen molar-refractivity contribution >= 4 is 33.6 Å². The van der Waals surface area contributed by atoms with Crippen molar-refractivity contribution in [2.75, 3.05) is 12.4 Å². The van der Waals surface area contributed by atoms with Crippen LogP contribution in [0.25, 0.3) is 0 Å². The van der Waals surface area contributed by atoms with E-state index in [-0.39, 0.29) is 0 Å². The van der Waals surface area contributed by atoms with Gasteiger partial charge in [-0.2, -0.15) is 0 Å². The predicted octanol–water partition coefficient (Wildman–Crippen LogP) is 4.63. The second kappa shape index (κ2) is 9.41. The van der Waals surface area contributed by atoms with Gasteiger partial charge in [-0.25, -0.2) is 5.48 Å². The fourth-order valence-corrected chi connectivity index (χ4v) is 4.05. The smallest absolute Gasteiger partial charge is 0.272 e. The summed E-state index contributed by atoms with van der Waals surface area (Å²) < 4.78 is 12.2. The molecule has 2 unspecified atom stereocenters. The number of carbonyl (C=O) groups is 1. The first-order valence-corrected chi connectivity index (χ1v) is 10.1. The molecule has 26 heavy (non-hydrogen) atoms. The average Bonchev–Trinajstić information content (AvgIpc) is 2.69. The van der Waals surface area contributed by atoms with Crippen molar-refractivity contribution in [1.82, 2.24) is 5.48 Å². The lowest BCUT2D eigenvalue weighted by atomic mass is 9.97. The minimum absolute atomic E-state index is 0.384. The van der Waals surface area contributed by atoms with E-state index in [4.69, 9.17) is 14.7 Å². The Labute approximate surface area is 165 Å². The van der Waals surface area contributed by atoms with Crippen molar-refractivity contribution in [3.8, 4) is 11.5 Å². The zero-order valence-corrected chi connectivity index (χ0v) is 16.5. The Hall–Kier alpha value is -1.54. The molecule has 0 aromatic heterocycles. The molecule has 5 nitrogen and oxygen atoms in total. The van der Waals surface area contributed by atoms with E-state index in [9.17, 15) is 4.79 Å². The van der Waals surface area contributed by atoms with E-state index in [2.05, 4.69) is 15.9 Å². The SMILES string of the molecule is O=C(NO)C1CC(CSc2ccc(Oc3ccc(Br)cc3)cc2)CCO1. The van der Waals surface area contributed by atoms with Crippen LogP contribution in [-0.4, -0.2) is 29.6 Å². The van der Waals surface area contributed by atoms with Crippen LogP contribution >= 0.6 is 27.7 Å². The summed E-state index contributed by atoms with van der Waals surface area (Å²) in [6, 6.07) is 15.7. The number of hydrogen-bond acceptors (Lipinski definition) is 5. The summed E-state index contributed by atoms with van der Waals surface area (Å²) in [5.74, 6) is 2.42. The first-order valence-electron chi connectivity index (χ1n) is 8.36. The Kier molecular flexibility index (Phi) is 6.96. The highest BCUT2D eigenvalue weighted by molar-refractivity contribution is 9.10. The molecule has 2 N–H and O–H groups in total. The molecule has 0 aliphatic carbocycles. The molecule has 0 radical (unpaired) electrons. The zero-order valence-electron chi connectivity index (χ0n) is 14.1. The van der Waals surface area contributed by atoms with Crippen LogP contribution in [0.1, 0.15) is 12.8 Å². The summed E-state index contributed by atoms with van der Waals surface area (Å²) in [7, 11) is 0. The molecule has 0 spiro atoms. The van der Waals surface area contributed by atoms with E-state index < -0.39 is 12.0 Å². The van der Waals surface area contributed by atoms with Crippen LogP contribution in [0.15, 0.2) is 57.9 Å². The Morgan fingerprint density at radius 1 is 1.19 bits per heavy atom. The molecule has 2 aromatic rings. The maximum absolute atomic E-state index is 11.5.